The lowest BCUT2D eigenvalue weighted by Gasteiger charge is -2.33. The van der Waals surface area contributed by atoms with Crippen LogP contribution in [0.4, 0.5) is 13.2 Å². The average molecular weight is 287 g/mol. The van der Waals surface area contributed by atoms with E-state index in [-0.39, 0.29) is 18.7 Å². The molecule has 1 heterocycles. The van der Waals surface area contributed by atoms with Crippen molar-refractivity contribution in [2.45, 2.75) is 6.18 Å². The summed E-state index contributed by atoms with van der Waals surface area (Å²) in [5.41, 5.74) is -1.80. The van der Waals surface area contributed by atoms with Crippen LogP contribution in [0.3, 0.4) is 0 Å². The lowest BCUT2D eigenvalue weighted by molar-refractivity contribution is -0.797. The monoisotopic (exact) mass is 287 g/mol. The fourth-order valence-corrected chi connectivity index (χ4v) is 2.00. The van der Waals surface area contributed by atoms with Gasteiger partial charge in [-0.3, -0.25) is 4.65 Å². The largest absolute Gasteiger partial charge is 0.623 e. The van der Waals surface area contributed by atoms with Crippen molar-refractivity contribution in [3.8, 4) is 0 Å². The van der Waals surface area contributed by atoms with Gasteiger partial charge in [0, 0.05) is 5.56 Å². The third-order valence-corrected chi connectivity index (χ3v) is 3.08. The van der Waals surface area contributed by atoms with E-state index in [9.17, 15) is 23.2 Å². The highest BCUT2D eigenvalue weighted by Gasteiger charge is 2.39. The standard InChI is InChI=1S/C13H12F3NO3/c1-9(12(18)17(19)6-7-20-8-17)10-4-2-3-5-11(10)13(14,15)16/h2-5H,1,6-8H2. The van der Waals surface area contributed by atoms with Crippen molar-refractivity contribution >= 4 is 11.5 Å². The molecule has 0 aliphatic carbocycles. The minimum atomic E-state index is -4.62. The maximum absolute atomic E-state index is 12.9. The Labute approximate surface area is 113 Å². The number of hydrogen-bond donors (Lipinski definition) is 0. The number of nitrogens with zero attached hydrogens (tertiary/aromatic N) is 1. The van der Waals surface area contributed by atoms with Gasteiger partial charge in [-0.1, -0.05) is 24.8 Å². The summed E-state index contributed by atoms with van der Waals surface area (Å²) >= 11 is 0. The molecule has 0 spiro atoms. The molecule has 1 atom stereocenters. The van der Waals surface area contributed by atoms with Crippen molar-refractivity contribution in [2.75, 3.05) is 19.9 Å². The summed E-state index contributed by atoms with van der Waals surface area (Å²) in [6.07, 6.45) is -4.62. The third-order valence-electron chi connectivity index (χ3n) is 3.08. The number of carbonyl (C=O) groups is 1. The Morgan fingerprint density at radius 2 is 2.00 bits per heavy atom. The van der Waals surface area contributed by atoms with Crippen molar-refractivity contribution in [1.82, 2.24) is 0 Å². The zero-order valence-electron chi connectivity index (χ0n) is 10.4. The molecule has 108 valence electrons. The lowest BCUT2D eigenvalue weighted by Crippen LogP contribution is -2.45. The van der Waals surface area contributed by atoms with E-state index < -0.39 is 34.6 Å². The van der Waals surface area contributed by atoms with Crippen LogP contribution in [0.25, 0.3) is 5.57 Å². The van der Waals surface area contributed by atoms with Gasteiger partial charge in [-0.2, -0.15) is 13.2 Å². The van der Waals surface area contributed by atoms with Crippen LogP contribution in [0.1, 0.15) is 11.1 Å². The molecule has 1 aromatic carbocycles. The van der Waals surface area contributed by atoms with Crippen molar-refractivity contribution in [3.63, 3.8) is 0 Å². The predicted octanol–water partition coefficient (Wildman–Crippen LogP) is 2.55. The first-order valence-electron chi connectivity index (χ1n) is 5.82. The molecule has 2 rings (SSSR count). The lowest BCUT2D eigenvalue weighted by atomic mass is 9.99. The molecule has 1 aliphatic heterocycles. The molecule has 1 aliphatic rings. The quantitative estimate of drug-likeness (QED) is 0.477. The number of alkyl halides is 3. The minimum absolute atomic E-state index is 0.101. The van der Waals surface area contributed by atoms with E-state index in [0.29, 0.717) is 0 Å². The zero-order chi connectivity index (χ0) is 15.0. The molecule has 0 N–H and O–H groups in total. The third kappa shape index (κ3) is 2.60. The van der Waals surface area contributed by atoms with Crippen LogP contribution >= 0.6 is 0 Å². The highest BCUT2D eigenvalue weighted by atomic mass is 19.4. The van der Waals surface area contributed by atoms with Gasteiger partial charge in [0.2, 0.25) is 0 Å². The topological polar surface area (TPSA) is 49.4 Å². The Morgan fingerprint density at radius 1 is 1.35 bits per heavy atom. The number of halogens is 3. The number of carbonyl (C=O) groups excluding carboxylic acids is 1. The van der Waals surface area contributed by atoms with Gasteiger partial charge < -0.3 is 9.94 Å². The predicted molar refractivity (Wildman–Crippen MR) is 64.8 cm³/mol. The van der Waals surface area contributed by atoms with E-state index in [0.717, 1.165) is 12.1 Å². The molecule has 1 unspecified atom stereocenters. The highest BCUT2D eigenvalue weighted by Crippen LogP contribution is 2.35. The molecule has 20 heavy (non-hydrogen) atoms. The van der Waals surface area contributed by atoms with E-state index >= 15 is 0 Å². The first-order chi connectivity index (χ1) is 9.26. The number of hydrogen-bond acceptors (Lipinski definition) is 3. The van der Waals surface area contributed by atoms with Crippen molar-refractivity contribution in [2.24, 2.45) is 0 Å². The molecular weight excluding hydrogens is 275 g/mol. The van der Waals surface area contributed by atoms with Gasteiger partial charge in [0.05, 0.1) is 11.1 Å². The summed E-state index contributed by atoms with van der Waals surface area (Å²) in [6, 6.07) is 4.55. The fourth-order valence-electron chi connectivity index (χ4n) is 2.00. The van der Waals surface area contributed by atoms with Gasteiger partial charge in [-0.15, -0.1) is 0 Å². The molecule has 0 saturated carbocycles. The minimum Gasteiger partial charge on any atom is -0.623 e. The summed E-state index contributed by atoms with van der Waals surface area (Å²) in [5.74, 6) is -1.00. The normalized spacial score (nSPS) is 22.8. The van der Waals surface area contributed by atoms with Gasteiger partial charge in [0.15, 0.2) is 6.73 Å². The SMILES string of the molecule is C=C(C(=O)[N+]1([O-])CCOC1)c1ccccc1C(F)(F)F. The molecule has 1 fully saturated rings. The molecule has 7 heteroatoms. The average Bonchev–Trinajstić information content (AvgIpc) is 2.84. The molecule has 1 aromatic rings. The van der Waals surface area contributed by atoms with Gasteiger partial charge in [-0.05, 0) is 6.07 Å². The maximum Gasteiger partial charge on any atom is 0.417 e. The summed E-state index contributed by atoms with van der Waals surface area (Å²) in [5, 5.41) is 12.1. The number of benzene rings is 1. The van der Waals surface area contributed by atoms with E-state index in [4.69, 9.17) is 4.74 Å². The number of amides is 1. The fraction of sp³-hybridized carbons (Fsp3) is 0.308. The molecule has 0 radical (unpaired) electrons. The van der Waals surface area contributed by atoms with Gasteiger partial charge in [-0.25, -0.2) is 4.79 Å². The molecule has 1 amide bonds. The van der Waals surface area contributed by atoms with E-state index in [1.54, 1.807) is 0 Å². The molecule has 4 nitrogen and oxygen atoms in total. The molecule has 1 saturated heterocycles. The number of rotatable bonds is 2. The van der Waals surface area contributed by atoms with Crippen LogP contribution in [-0.2, 0) is 15.7 Å². The maximum atomic E-state index is 12.9. The second kappa shape index (κ2) is 5.01. The summed E-state index contributed by atoms with van der Waals surface area (Å²) in [7, 11) is 0. The zero-order valence-corrected chi connectivity index (χ0v) is 10.4. The van der Waals surface area contributed by atoms with E-state index in [2.05, 4.69) is 6.58 Å². The Kier molecular flexibility index (Phi) is 3.68. The van der Waals surface area contributed by atoms with E-state index in [1.807, 2.05) is 0 Å². The number of quaternary nitrogens is 1. The van der Waals surface area contributed by atoms with Crippen molar-refractivity contribution in [3.05, 3.63) is 47.2 Å². The Bertz CT molecular complexity index is 548. The molecular formula is C13H12F3NO3. The van der Waals surface area contributed by atoms with Crippen molar-refractivity contribution in [1.29, 1.82) is 0 Å². The Hall–Kier alpha value is -1.70. The van der Waals surface area contributed by atoms with Crippen LogP contribution < -0.4 is 0 Å². The number of hydroxylamine groups is 3. The summed E-state index contributed by atoms with van der Waals surface area (Å²) < 4.78 is 42.2. The van der Waals surface area contributed by atoms with E-state index in [1.165, 1.54) is 12.1 Å². The molecule has 0 bridgehead atoms. The number of ether oxygens (including phenoxy) is 1. The Balaban J connectivity index is 2.37. The van der Waals surface area contributed by atoms with Crippen LogP contribution in [0.15, 0.2) is 30.8 Å². The first-order valence-corrected chi connectivity index (χ1v) is 5.82. The highest BCUT2D eigenvalue weighted by molar-refractivity contribution is 6.15. The van der Waals surface area contributed by atoms with Gasteiger partial charge in [0.25, 0.3) is 0 Å². The second-order valence-electron chi connectivity index (χ2n) is 4.48. The summed E-state index contributed by atoms with van der Waals surface area (Å²) in [6.45, 7) is 2.95. The van der Waals surface area contributed by atoms with Crippen LogP contribution in [0, 0.1) is 5.21 Å². The van der Waals surface area contributed by atoms with Crippen LogP contribution in [0.2, 0.25) is 0 Å². The molecule has 0 aromatic heterocycles. The smallest absolute Gasteiger partial charge is 0.417 e. The first kappa shape index (κ1) is 14.7. The van der Waals surface area contributed by atoms with Crippen LogP contribution in [0.5, 0.6) is 0 Å². The summed E-state index contributed by atoms with van der Waals surface area (Å²) in [4.78, 5) is 12.1. The second-order valence-corrected chi connectivity index (χ2v) is 4.48. The van der Waals surface area contributed by atoms with Gasteiger partial charge >= 0.3 is 12.1 Å². The van der Waals surface area contributed by atoms with Crippen LogP contribution in [-0.4, -0.2) is 30.4 Å². The van der Waals surface area contributed by atoms with Crippen molar-refractivity contribution < 1.29 is 27.3 Å². The Morgan fingerprint density at radius 3 is 2.55 bits per heavy atom. The van der Waals surface area contributed by atoms with Gasteiger partial charge in [0.1, 0.15) is 13.2 Å².